The van der Waals surface area contributed by atoms with Crippen molar-refractivity contribution < 1.29 is 13.2 Å². The van der Waals surface area contributed by atoms with Crippen LogP contribution in [-0.4, -0.2) is 14.3 Å². The van der Waals surface area contributed by atoms with Crippen molar-refractivity contribution in [1.82, 2.24) is 10.3 Å². The minimum absolute atomic E-state index is 0.0335. The van der Waals surface area contributed by atoms with Crippen LogP contribution in [0.15, 0.2) is 71.6 Å². The lowest BCUT2D eigenvalue weighted by Crippen LogP contribution is -2.41. The number of halogens is 1. The molecule has 2 N–H and O–H groups in total. The molecule has 0 radical (unpaired) electrons. The van der Waals surface area contributed by atoms with Crippen LogP contribution in [0.25, 0.3) is 10.8 Å². The Labute approximate surface area is 144 Å². The van der Waals surface area contributed by atoms with Gasteiger partial charge in [-0.3, -0.25) is 10.2 Å². The van der Waals surface area contributed by atoms with Gasteiger partial charge in [0.25, 0.3) is 15.9 Å². The van der Waals surface area contributed by atoms with E-state index >= 15 is 0 Å². The average molecular weight is 361 g/mol. The van der Waals surface area contributed by atoms with E-state index in [-0.39, 0.29) is 4.90 Å². The molecule has 0 saturated heterocycles. The quantitative estimate of drug-likeness (QED) is 0.702. The van der Waals surface area contributed by atoms with Crippen molar-refractivity contribution in [3.63, 3.8) is 0 Å². The molecule has 0 aliphatic heterocycles. The van der Waals surface area contributed by atoms with Gasteiger partial charge < -0.3 is 0 Å². The molecule has 0 spiro atoms. The maximum atomic E-state index is 12.2. The molecule has 0 atom stereocenters. The number of nitrogens with one attached hydrogen (secondary N) is 2. The lowest BCUT2D eigenvalue weighted by Gasteiger charge is -2.09. The van der Waals surface area contributed by atoms with Crippen molar-refractivity contribution >= 4 is 38.3 Å². The number of carbonyl (C=O) groups is 1. The van der Waals surface area contributed by atoms with Gasteiger partial charge in [-0.15, -0.1) is 4.83 Å². The van der Waals surface area contributed by atoms with E-state index in [1.807, 2.05) is 24.3 Å². The molecule has 5 nitrogen and oxygen atoms in total. The van der Waals surface area contributed by atoms with Crippen molar-refractivity contribution in [3.8, 4) is 0 Å². The Morgan fingerprint density at radius 1 is 0.875 bits per heavy atom. The molecule has 0 saturated carbocycles. The molecule has 3 aromatic rings. The first-order valence-corrected chi connectivity index (χ1v) is 8.88. The molecular formula is C17H13ClN2O3S. The molecule has 0 aromatic heterocycles. The van der Waals surface area contributed by atoms with Crippen LogP contribution in [0, 0.1) is 0 Å². The summed E-state index contributed by atoms with van der Waals surface area (Å²) in [5, 5.41) is 2.18. The standard InChI is InChI=1S/C17H13ClN2O3S/c18-15-6-3-7-16(11-15)24(22,23)20-19-17(21)14-9-8-12-4-1-2-5-13(12)10-14/h1-11,20H,(H,19,21). The SMILES string of the molecule is O=C(NNS(=O)(=O)c1cccc(Cl)c1)c1ccc2ccccc2c1. The van der Waals surface area contributed by atoms with E-state index in [1.165, 1.54) is 18.2 Å². The molecule has 7 heteroatoms. The van der Waals surface area contributed by atoms with Gasteiger partial charge in [0.05, 0.1) is 4.90 Å². The predicted octanol–water partition coefficient (Wildman–Crippen LogP) is 3.12. The molecule has 0 aliphatic carbocycles. The fourth-order valence-electron chi connectivity index (χ4n) is 2.21. The first-order valence-electron chi connectivity index (χ1n) is 7.02. The van der Waals surface area contributed by atoms with E-state index in [0.29, 0.717) is 10.6 Å². The third-order valence-corrected chi connectivity index (χ3v) is 4.90. The summed E-state index contributed by atoms with van der Waals surface area (Å²) in [6, 6.07) is 18.5. The second-order valence-corrected chi connectivity index (χ2v) is 7.20. The van der Waals surface area contributed by atoms with Crippen LogP contribution in [0.4, 0.5) is 0 Å². The van der Waals surface area contributed by atoms with Crippen molar-refractivity contribution in [1.29, 1.82) is 0 Å². The number of carbonyl (C=O) groups excluding carboxylic acids is 1. The van der Waals surface area contributed by atoms with E-state index in [2.05, 4.69) is 10.3 Å². The number of rotatable bonds is 4. The normalized spacial score (nSPS) is 11.4. The lowest BCUT2D eigenvalue weighted by atomic mass is 10.1. The molecule has 1 amide bonds. The van der Waals surface area contributed by atoms with Crippen LogP contribution in [0.3, 0.4) is 0 Å². The monoisotopic (exact) mass is 360 g/mol. The smallest absolute Gasteiger partial charge is 0.266 e. The number of hydrogen-bond acceptors (Lipinski definition) is 3. The average Bonchev–Trinajstić information content (AvgIpc) is 2.59. The number of sulfonamides is 1. The molecule has 0 unspecified atom stereocenters. The summed E-state index contributed by atoms with van der Waals surface area (Å²) in [5.74, 6) is -0.550. The Hall–Kier alpha value is -2.41. The van der Waals surface area contributed by atoms with Crippen molar-refractivity contribution in [3.05, 3.63) is 77.3 Å². The summed E-state index contributed by atoms with van der Waals surface area (Å²) < 4.78 is 24.3. The van der Waals surface area contributed by atoms with E-state index in [0.717, 1.165) is 10.8 Å². The van der Waals surface area contributed by atoms with Gasteiger partial charge in [-0.25, -0.2) is 8.42 Å². The van der Waals surface area contributed by atoms with Crippen LogP contribution in [0.5, 0.6) is 0 Å². The zero-order chi connectivity index (χ0) is 17.2. The van der Waals surface area contributed by atoms with Crippen molar-refractivity contribution in [2.75, 3.05) is 0 Å². The largest absolute Gasteiger partial charge is 0.273 e. The highest BCUT2D eigenvalue weighted by Gasteiger charge is 2.16. The van der Waals surface area contributed by atoms with Gasteiger partial charge in [0.1, 0.15) is 0 Å². The Kier molecular flexibility index (Phi) is 4.53. The topological polar surface area (TPSA) is 75.3 Å². The third kappa shape index (κ3) is 3.56. The fraction of sp³-hybridized carbons (Fsp3) is 0. The number of fused-ring (bicyclic) bond motifs is 1. The van der Waals surface area contributed by atoms with E-state index in [1.54, 1.807) is 24.3 Å². The summed E-state index contributed by atoms with van der Waals surface area (Å²) in [7, 11) is -3.89. The molecule has 3 aromatic carbocycles. The zero-order valence-corrected chi connectivity index (χ0v) is 13.9. The maximum Gasteiger partial charge on any atom is 0.266 e. The number of hydrogen-bond donors (Lipinski definition) is 2. The molecule has 0 bridgehead atoms. The summed E-state index contributed by atoms with van der Waals surface area (Å²) in [4.78, 5) is 14.2. The number of hydrazine groups is 1. The van der Waals surface area contributed by atoms with Crippen molar-refractivity contribution in [2.24, 2.45) is 0 Å². The highest BCUT2D eigenvalue weighted by molar-refractivity contribution is 7.89. The summed E-state index contributed by atoms with van der Waals surface area (Å²) in [6.45, 7) is 0. The molecule has 24 heavy (non-hydrogen) atoms. The zero-order valence-electron chi connectivity index (χ0n) is 12.4. The van der Waals surface area contributed by atoms with E-state index < -0.39 is 15.9 Å². The highest BCUT2D eigenvalue weighted by Crippen LogP contribution is 2.16. The van der Waals surface area contributed by atoms with Crippen LogP contribution >= 0.6 is 11.6 Å². The molecule has 0 heterocycles. The minimum Gasteiger partial charge on any atom is -0.273 e. The Balaban J connectivity index is 1.76. The molecule has 0 aliphatic rings. The van der Waals surface area contributed by atoms with Gasteiger partial charge in [0.2, 0.25) is 0 Å². The first kappa shape index (κ1) is 16.4. The number of benzene rings is 3. The van der Waals surface area contributed by atoms with Crippen LogP contribution in [-0.2, 0) is 10.0 Å². The summed E-state index contributed by atoms with van der Waals surface area (Å²) in [6.07, 6.45) is 0. The fourth-order valence-corrected chi connectivity index (χ4v) is 3.35. The van der Waals surface area contributed by atoms with E-state index in [4.69, 9.17) is 11.6 Å². The summed E-state index contributed by atoms with van der Waals surface area (Å²) in [5.41, 5.74) is 2.55. The van der Waals surface area contributed by atoms with Gasteiger partial charge in [-0.05, 0) is 41.1 Å². The van der Waals surface area contributed by atoms with Gasteiger partial charge in [0, 0.05) is 10.6 Å². The molecule has 0 fully saturated rings. The third-order valence-electron chi connectivity index (χ3n) is 3.42. The lowest BCUT2D eigenvalue weighted by molar-refractivity contribution is 0.0945. The Morgan fingerprint density at radius 3 is 2.38 bits per heavy atom. The van der Waals surface area contributed by atoms with Gasteiger partial charge in [-0.2, -0.15) is 0 Å². The van der Waals surface area contributed by atoms with E-state index in [9.17, 15) is 13.2 Å². The number of amides is 1. The maximum absolute atomic E-state index is 12.2. The minimum atomic E-state index is -3.89. The molecule has 122 valence electrons. The predicted molar refractivity (Wildman–Crippen MR) is 93.2 cm³/mol. The highest BCUT2D eigenvalue weighted by atomic mass is 35.5. The van der Waals surface area contributed by atoms with Gasteiger partial charge in [-0.1, -0.05) is 48.0 Å². The second-order valence-electron chi connectivity index (χ2n) is 5.08. The van der Waals surface area contributed by atoms with Gasteiger partial charge >= 0.3 is 0 Å². The van der Waals surface area contributed by atoms with Crippen molar-refractivity contribution in [2.45, 2.75) is 4.90 Å². The van der Waals surface area contributed by atoms with Crippen LogP contribution < -0.4 is 10.3 Å². The second kappa shape index (κ2) is 6.60. The van der Waals surface area contributed by atoms with Crippen LogP contribution in [0.2, 0.25) is 5.02 Å². The Bertz CT molecular complexity index is 1020. The first-order chi connectivity index (χ1) is 11.5. The molecular weight excluding hydrogens is 348 g/mol. The summed E-state index contributed by atoms with van der Waals surface area (Å²) >= 11 is 5.79. The van der Waals surface area contributed by atoms with Crippen LogP contribution in [0.1, 0.15) is 10.4 Å². The Morgan fingerprint density at radius 2 is 1.62 bits per heavy atom. The van der Waals surface area contributed by atoms with Gasteiger partial charge in [0.15, 0.2) is 0 Å². The molecule has 3 rings (SSSR count).